The van der Waals surface area contributed by atoms with Crippen molar-refractivity contribution in [3.8, 4) is 0 Å². The van der Waals surface area contributed by atoms with Crippen molar-refractivity contribution < 1.29 is 5.11 Å². The van der Waals surface area contributed by atoms with Gasteiger partial charge in [0, 0.05) is 5.75 Å². The van der Waals surface area contributed by atoms with Gasteiger partial charge in [0.1, 0.15) is 0 Å². The number of hydrogen-bond donors (Lipinski definition) is 1. The van der Waals surface area contributed by atoms with Crippen molar-refractivity contribution in [2.75, 3.05) is 5.75 Å². The number of aliphatic hydroxyl groups excluding tert-OH is 1. The van der Waals surface area contributed by atoms with Crippen molar-refractivity contribution in [1.29, 1.82) is 0 Å². The Labute approximate surface area is 95.9 Å². The summed E-state index contributed by atoms with van der Waals surface area (Å²) in [6.07, 6.45) is -0.282. The average molecular weight is 222 g/mol. The summed E-state index contributed by atoms with van der Waals surface area (Å²) in [7, 11) is 0. The molecule has 82 valence electrons. The van der Waals surface area contributed by atoms with Crippen molar-refractivity contribution in [3.05, 3.63) is 34.4 Å². The van der Waals surface area contributed by atoms with Gasteiger partial charge in [-0.05, 0) is 42.2 Å². The first kappa shape index (κ1) is 11.0. The SMILES string of the molecule is Cc1cc(C)c2c(c1)CSCC(C)C2O. The van der Waals surface area contributed by atoms with Crippen LogP contribution in [0, 0.1) is 19.8 Å². The molecule has 1 nitrogen and oxygen atoms in total. The molecule has 1 aromatic carbocycles. The molecule has 0 aliphatic carbocycles. The summed E-state index contributed by atoms with van der Waals surface area (Å²) in [6, 6.07) is 4.39. The third-order valence-electron chi connectivity index (χ3n) is 3.09. The summed E-state index contributed by atoms with van der Waals surface area (Å²) in [5, 5.41) is 10.3. The van der Waals surface area contributed by atoms with E-state index in [1.54, 1.807) is 0 Å². The average Bonchev–Trinajstić information content (AvgIpc) is 2.27. The molecule has 15 heavy (non-hydrogen) atoms. The van der Waals surface area contributed by atoms with Crippen molar-refractivity contribution in [1.82, 2.24) is 0 Å². The lowest BCUT2D eigenvalue weighted by Gasteiger charge is -2.19. The topological polar surface area (TPSA) is 20.2 Å². The number of rotatable bonds is 0. The molecule has 2 unspecified atom stereocenters. The molecular formula is C13H18OS. The van der Waals surface area contributed by atoms with Crippen LogP contribution in [-0.2, 0) is 5.75 Å². The van der Waals surface area contributed by atoms with Gasteiger partial charge in [0.2, 0.25) is 0 Å². The molecule has 0 fully saturated rings. The van der Waals surface area contributed by atoms with Gasteiger partial charge < -0.3 is 5.11 Å². The third-order valence-corrected chi connectivity index (χ3v) is 4.37. The van der Waals surface area contributed by atoms with E-state index in [-0.39, 0.29) is 6.10 Å². The highest BCUT2D eigenvalue weighted by atomic mass is 32.2. The minimum atomic E-state index is -0.282. The highest BCUT2D eigenvalue weighted by Gasteiger charge is 2.24. The van der Waals surface area contributed by atoms with Gasteiger partial charge in [0.05, 0.1) is 6.10 Å². The van der Waals surface area contributed by atoms with Gasteiger partial charge in [-0.1, -0.05) is 24.6 Å². The molecule has 1 aliphatic rings. The smallest absolute Gasteiger partial charge is 0.0828 e. The van der Waals surface area contributed by atoms with Crippen LogP contribution >= 0.6 is 11.8 Å². The highest BCUT2D eigenvalue weighted by molar-refractivity contribution is 7.98. The van der Waals surface area contributed by atoms with Crippen LogP contribution in [0.4, 0.5) is 0 Å². The summed E-state index contributed by atoms with van der Waals surface area (Å²) < 4.78 is 0. The maximum absolute atomic E-state index is 10.3. The van der Waals surface area contributed by atoms with E-state index in [4.69, 9.17) is 0 Å². The number of thioether (sulfide) groups is 1. The lowest BCUT2D eigenvalue weighted by molar-refractivity contribution is 0.128. The van der Waals surface area contributed by atoms with Gasteiger partial charge in [0.25, 0.3) is 0 Å². The molecule has 0 aromatic heterocycles. The second-order valence-corrected chi connectivity index (χ2v) is 5.62. The first-order valence-electron chi connectivity index (χ1n) is 5.45. The van der Waals surface area contributed by atoms with Crippen molar-refractivity contribution in [2.45, 2.75) is 32.6 Å². The fourth-order valence-electron chi connectivity index (χ4n) is 2.34. The second kappa shape index (κ2) is 4.18. The normalized spacial score (nSPS) is 25.9. The fourth-order valence-corrected chi connectivity index (χ4v) is 3.47. The maximum atomic E-state index is 10.3. The van der Waals surface area contributed by atoms with E-state index in [1.807, 2.05) is 11.8 Å². The Morgan fingerprint density at radius 3 is 2.80 bits per heavy atom. The second-order valence-electron chi connectivity index (χ2n) is 4.59. The van der Waals surface area contributed by atoms with Crippen LogP contribution in [0.25, 0.3) is 0 Å². The van der Waals surface area contributed by atoms with Gasteiger partial charge in [-0.25, -0.2) is 0 Å². The van der Waals surface area contributed by atoms with Crippen molar-refractivity contribution in [2.24, 2.45) is 5.92 Å². The van der Waals surface area contributed by atoms with Crippen molar-refractivity contribution >= 4 is 11.8 Å². The minimum absolute atomic E-state index is 0.282. The molecule has 0 amide bonds. The molecule has 0 saturated heterocycles. The van der Waals surface area contributed by atoms with E-state index >= 15 is 0 Å². The van der Waals surface area contributed by atoms with Crippen LogP contribution in [-0.4, -0.2) is 10.9 Å². The minimum Gasteiger partial charge on any atom is -0.388 e. The first-order valence-corrected chi connectivity index (χ1v) is 6.61. The van der Waals surface area contributed by atoms with Gasteiger partial charge >= 0.3 is 0 Å². The van der Waals surface area contributed by atoms with Crippen LogP contribution in [0.15, 0.2) is 12.1 Å². The van der Waals surface area contributed by atoms with E-state index in [2.05, 4.69) is 32.9 Å². The predicted molar refractivity (Wildman–Crippen MR) is 66.2 cm³/mol. The third kappa shape index (κ3) is 2.06. The molecule has 2 heteroatoms. The summed E-state index contributed by atoms with van der Waals surface area (Å²) in [5.74, 6) is 2.45. The van der Waals surface area contributed by atoms with Gasteiger partial charge in [-0.3, -0.25) is 0 Å². The van der Waals surface area contributed by atoms with Gasteiger partial charge in [-0.15, -0.1) is 0 Å². The molecule has 1 heterocycles. The molecule has 0 radical (unpaired) electrons. The Bertz CT molecular complexity index is 373. The predicted octanol–water partition coefficient (Wildman–Crippen LogP) is 3.22. The molecule has 0 spiro atoms. The van der Waals surface area contributed by atoms with E-state index in [9.17, 15) is 5.11 Å². The molecule has 0 saturated carbocycles. The lowest BCUT2D eigenvalue weighted by Crippen LogP contribution is -2.12. The van der Waals surface area contributed by atoms with Crippen LogP contribution in [0.2, 0.25) is 0 Å². The monoisotopic (exact) mass is 222 g/mol. The molecule has 2 atom stereocenters. The lowest BCUT2D eigenvalue weighted by atomic mass is 9.90. The summed E-state index contributed by atoms with van der Waals surface area (Å²) in [5.41, 5.74) is 5.05. The van der Waals surface area contributed by atoms with Crippen LogP contribution in [0.1, 0.15) is 35.3 Å². The van der Waals surface area contributed by atoms with Crippen LogP contribution in [0.5, 0.6) is 0 Å². The Morgan fingerprint density at radius 2 is 2.07 bits per heavy atom. The van der Waals surface area contributed by atoms with Gasteiger partial charge in [0.15, 0.2) is 0 Å². The van der Waals surface area contributed by atoms with E-state index in [0.717, 1.165) is 11.5 Å². The zero-order chi connectivity index (χ0) is 11.0. The molecule has 2 rings (SSSR count). The fraction of sp³-hybridized carbons (Fsp3) is 0.538. The number of aryl methyl sites for hydroxylation is 2. The Kier molecular flexibility index (Phi) is 3.08. The number of benzene rings is 1. The van der Waals surface area contributed by atoms with E-state index in [0.29, 0.717) is 5.92 Å². The van der Waals surface area contributed by atoms with Gasteiger partial charge in [-0.2, -0.15) is 11.8 Å². The maximum Gasteiger partial charge on any atom is 0.0828 e. The van der Waals surface area contributed by atoms with E-state index in [1.165, 1.54) is 22.3 Å². The van der Waals surface area contributed by atoms with Crippen molar-refractivity contribution in [3.63, 3.8) is 0 Å². The molecule has 0 bridgehead atoms. The Balaban J connectivity index is 2.53. The highest BCUT2D eigenvalue weighted by Crippen LogP contribution is 2.36. The molecule has 1 aliphatic heterocycles. The summed E-state index contributed by atoms with van der Waals surface area (Å²) in [6.45, 7) is 6.36. The number of fused-ring (bicyclic) bond motifs is 1. The van der Waals surface area contributed by atoms with Crippen LogP contribution < -0.4 is 0 Å². The number of aliphatic hydroxyl groups is 1. The zero-order valence-corrected chi connectivity index (χ0v) is 10.4. The largest absolute Gasteiger partial charge is 0.388 e. The Hall–Kier alpha value is -0.470. The standard InChI is InChI=1S/C13H18OS/c1-8-4-9(2)12-11(5-8)7-15-6-10(3)13(12)14/h4-5,10,13-14H,6-7H2,1-3H3. The quantitative estimate of drug-likeness (QED) is 0.727. The van der Waals surface area contributed by atoms with Crippen LogP contribution in [0.3, 0.4) is 0 Å². The Morgan fingerprint density at radius 1 is 1.33 bits per heavy atom. The summed E-state index contributed by atoms with van der Waals surface area (Å²) in [4.78, 5) is 0. The molecular weight excluding hydrogens is 204 g/mol. The zero-order valence-electron chi connectivity index (χ0n) is 9.58. The van der Waals surface area contributed by atoms with E-state index < -0.39 is 0 Å². The number of hydrogen-bond acceptors (Lipinski definition) is 2. The molecule has 1 aromatic rings. The summed E-state index contributed by atoms with van der Waals surface area (Å²) >= 11 is 1.93. The first-order chi connectivity index (χ1) is 7.09. The molecule has 1 N–H and O–H groups in total.